The van der Waals surface area contributed by atoms with Gasteiger partial charge in [-0.2, -0.15) is 0 Å². The van der Waals surface area contributed by atoms with Crippen LogP contribution in [0.3, 0.4) is 0 Å². The molecule has 4 atom stereocenters. The Kier molecular flexibility index (Phi) is 80.3. The van der Waals surface area contributed by atoms with Gasteiger partial charge in [0.1, 0.15) is 0 Å². The van der Waals surface area contributed by atoms with Crippen molar-refractivity contribution in [3.63, 3.8) is 0 Å². The van der Waals surface area contributed by atoms with Crippen molar-refractivity contribution in [2.24, 2.45) is 93.7 Å². The topological polar surface area (TPSA) is 0 Å². The monoisotopic (exact) mass is 1220 g/mol. The van der Waals surface area contributed by atoms with Crippen LogP contribution >= 0.6 is 0 Å². The average Bonchev–Trinajstić information content (AvgIpc) is 4.18. The van der Waals surface area contributed by atoms with Crippen molar-refractivity contribution >= 4 is 0 Å². The van der Waals surface area contributed by atoms with Crippen LogP contribution in [0.1, 0.15) is 466 Å². The molecule has 0 N–H and O–H groups in total. The summed E-state index contributed by atoms with van der Waals surface area (Å²) in [6.45, 7) is 67.8. The molecule has 530 valence electrons. The van der Waals surface area contributed by atoms with Crippen LogP contribution in [-0.2, 0) is 0 Å². The minimum atomic E-state index is 0. The molecule has 2 bridgehead atoms. The van der Waals surface area contributed by atoms with Gasteiger partial charge in [0.15, 0.2) is 0 Å². The third-order valence-electron chi connectivity index (χ3n) is 20.4. The van der Waals surface area contributed by atoms with Crippen molar-refractivity contribution in [2.45, 2.75) is 466 Å². The van der Waals surface area contributed by atoms with E-state index in [0.29, 0.717) is 10.8 Å². The van der Waals surface area contributed by atoms with Gasteiger partial charge in [-0.05, 0) is 132 Å². The zero-order chi connectivity index (χ0) is 66.7. The zero-order valence-corrected chi connectivity index (χ0v) is 66.7. The summed E-state index contributed by atoms with van der Waals surface area (Å²) in [5.41, 5.74) is 1.21. The van der Waals surface area contributed by atoms with Crippen molar-refractivity contribution in [3.8, 4) is 0 Å². The van der Waals surface area contributed by atoms with Crippen LogP contribution in [0.25, 0.3) is 0 Å². The number of unbranched alkanes of at least 4 members (excludes halogenated alkanes) is 2. The molecule has 0 aromatic heterocycles. The van der Waals surface area contributed by atoms with Crippen LogP contribution in [0, 0.1) is 93.7 Å². The van der Waals surface area contributed by atoms with Crippen molar-refractivity contribution < 1.29 is 0 Å². The molecule has 7 saturated carbocycles. The minimum Gasteiger partial charge on any atom is -0.0776 e. The first-order valence-electron chi connectivity index (χ1n) is 40.1. The summed E-state index contributed by atoms with van der Waals surface area (Å²) < 4.78 is 0. The predicted octanol–water partition coefficient (Wildman–Crippen LogP) is 33.0. The highest BCUT2D eigenvalue weighted by Crippen LogP contribution is 2.48. The van der Waals surface area contributed by atoms with Gasteiger partial charge < -0.3 is 0 Å². The van der Waals surface area contributed by atoms with E-state index in [1.54, 1.807) is 25.7 Å². The molecule has 0 saturated heterocycles. The summed E-state index contributed by atoms with van der Waals surface area (Å²) >= 11 is 0. The van der Waals surface area contributed by atoms with E-state index in [2.05, 4.69) is 194 Å². The molecule has 2 unspecified atom stereocenters. The van der Waals surface area contributed by atoms with E-state index in [4.69, 9.17) is 0 Å². The highest BCUT2D eigenvalue weighted by molar-refractivity contribution is 4.87. The lowest BCUT2D eigenvalue weighted by Gasteiger charge is -2.32. The first kappa shape index (κ1) is 99.6. The summed E-state index contributed by atoms with van der Waals surface area (Å²) in [6.07, 6.45) is 56.4. The Bertz CT molecular complexity index is 1140. The van der Waals surface area contributed by atoms with E-state index in [-0.39, 0.29) is 7.43 Å². The van der Waals surface area contributed by atoms with Crippen LogP contribution in [0.5, 0.6) is 0 Å². The van der Waals surface area contributed by atoms with Crippen molar-refractivity contribution in [2.75, 3.05) is 0 Å². The molecule has 7 fully saturated rings. The summed E-state index contributed by atoms with van der Waals surface area (Å²) in [5.74, 6) is 14.3. The number of fused-ring (bicyclic) bond motifs is 2. The molecule has 0 aromatic rings. The maximum Gasteiger partial charge on any atom is -0.0354 e. The molecule has 7 aliphatic carbocycles. The Hall–Kier alpha value is 0. The van der Waals surface area contributed by atoms with Crippen LogP contribution < -0.4 is 0 Å². The summed E-state index contributed by atoms with van der Waals surface area (Å²) in [5, 5.41) is 0. The number of rotatable bonds is 15. The molecule has 0 amide bonds. The lowest BCUT2D eigenvalue weighted by Crippen LogP contribution is -2.19. The zero-order valence-electron chi connectivity index (χ0n) is 66.7. The molecular weight excluding hydrogens is 1030 g/mol. The molecule has 0 nitrogen and oxygen atoms in total. The molecule has 7 rings (SSSR count). The van der Waals surface area contributed by atoms with Crippen molar-refractivity contribution in [1.82, 2.24) is 0 Å². The Morgan fingerprint density at radius 2 is 0.826 bits per heavy atom. The minimum absolute atomic E-state index is 0. The Morgan fingerprint density at radius 3 is 0.977 bits per heavy atom. The van der Waals surface area contributed by atoms with E-state index in [1.165, 1.54) is 225 Å². The fourth-order valence-electron chi connectivity index (χ4n) is 12.8. The van der Waals surface area contributed by atoms with Crippen molar-refractivity contribution in [3.05, 3.63) is 0 Å². The molecule has 0 heteroatoms. The van der Waals surface area contributed by atoms with Gasteiger partial charge in [0, 0.05) is 0 Å². The van der Waals surface area contributed by atoms with Gasteiger partial charge in [0.25, 0.3) is 0 Å². The van der Waals surface area contributed by atoms with E-state index >= 15 is 0 Å². The number of hydrogen-bond acceptors (Lipinski definition) is 0. The third kappa shape index (κ3) is 73.1. The second-order valence-corrected chi connectivity index (χ2v) is 32.7. The highest BCUT2D eigenvalue weighted by Gasteiger charge is 2.36. The standard InChI is InChI=1S/C9H18.C8H14.2C8H16.2C7H14.4C7H16.2C4H10.C2H6.CH4/c1-8-4-6-9(2,3)7-5-8;1-6-4-7-2-3-8(6)5-7;1-7(2)8-5-3-4-6-8;1-2-8-6-4-3-5-7-8;1-6(2)7-4-3-5-7;1-2-7-5-3-4-6-7;1-5-6-7(2,3)4;1-4-5-6-7(2)3;1-4-6-7(3)5-2;1-4-7(5-2)6-3;1-4(2)3;1-3-4-2;1-2;/h8H,4-7H2,1-3H3;6-8H,2-5H2,1H3;7-8H,3-6H2,1-2H3;8H,2-7H2,1H3;6-7H,3-5H2,1-2H3;7H,2-6H2,1H3;5-6H2,1-4H3;3*7H,4-6H2,1-3H3;4H,1-3H3;3-4H2,1-2H3;1-2H3;1H4/t;6-,7?,8?;;;;;;;7-;;;;;/m.0......1...../s1. The van der Waals surface area contributed by atoms with Crippen LogP contribution in [0.15, 0.2) is 0 Å². The molecule has 0 heterocycles. The average molecular weight is 1220 g/mol. The van der Waals surface area contributed by atoms with Crippen molar-refractivity contribution in [1.29, 1.82) is 0 Å². The van der Waals surface area contributed by atoms with Gasteiger partial charge in [-0.3, -0.25) is 0 Å². The third-order valence-corrected chi connectivity index (χ3v) is 20.4. The second kappa shape index (κ2) is 69.3. The van der Waals surface area contributed by atoms with Gasteiger partial charge in [-0.1, -0.05) is 427 Å². The van der Waals surface area contributed by atoms with Crippen LogP contribution in [0.2, 0.25) is 0 Å². The molecule has 0 aliphatic heterocycles. The normalized spacial score (nSPS) is 20.6. The van der Waals surface area contributed by atoms with Crippen LogP contribution in [0.4, 0.5) is 0 Å². The molecule has 7 aliphatic rings. The Labute approximate surface area is 556 Å². The maximum absolute atomic E-state index is 2.42. The largest absolute Gasteiger partial charge is 0.0776 e. The highest BCUT2D eigenvalue weighted by atomic mass is 14.4. The quantitative estimate of drug-likeness (QED) is 0.153. The fourth-order valence-corrected chi connectivity index (χ4v) is 12.8. The van der Waals surface area contributed by atoms with E-state index in [1.807, 2.05) is 13.8 Å². The number of hydrogen-bond donors (Lipinski definition) is 0. The Morgan fingerprint density at radius 1 is 0.430 bits per heavy atom. The van der Waals surface area contributed by atoms with Gasteiger partial charge in [-0.25, -0.2) is 0 Å². The lowest BCUT2D eigenvalue weighted by molar-refractivity contribution is 0.201. The van der Waals surface area contributed by atoms with E-state index in [0.717, 1.165) is 82.9 Å². The van der Waals surface area contributed by atoms with E-state index in [9.17, 15) is 0 Å². The molecular formula is C86H186. The summed E-state index contributed by atoms with van der Waals surface area (Å²) in [6, 6.07) is 0. The summed E-state index contributed by atoms with van der Waals surface area (Å²) in [4.78, 5) is 0. The molecule has 0 spiro atoms. The molecule has 86 heavy (non-hydrogen) atoms. The second-order valence-electron chi connectivity index (χ2n) is 32.7. The van der Waals surface area contributed by atoms with Gasteiger partial charge >= 0.3 is 0 Å². The smallest absolute Gasteiger partial charge is 0.0354 e. The SMILES string of the molecule is C.CC.CC(C)C.CC(C)C1CCC1.CC(C)C1CCCC1.CC1CCC(C)(C)CC1.CCC(CC)CC.CCC1CCCC1.CCC1CCCCC1.CCCC.CCCC(C)(C)C.CCCCC(C)C.CCC[C@H](C)CC.C[C@H]1CC2CCC1C2. The van der Waals surface area contributed by atoms with Gasteiger partial charge in [-0.15, -0.1) is 0 Å². The predicted molar refractivity (Wildman–Crippen MR) is 411 cm³/mol. The lowest BCUT2D eigenvalue weighted by atomic mass is 9.74. The van der Waals surface area contributed by atoms with Gasteiger partial charge in [0.2, 0.25) is 0 Å². The van der Waals surface area contributed by atoms with Gasteiger partial charge in [0.05, 0.1) is 0 Å². The Balaban J connectivity index is -0.000000159. The molecule has 0 aromatic carbocycles. The van der Waals surface area contributed by atoms with Crippen LogP contribution in [-0.4, -0.2) is 0 Å². The first-order valence-corrected chi connectivity index (χ1v) is 40.1. The first-order chi connectivity index (χ1) is 40.1. The summed E-state index contributed by atoms with van der Waals surface area (Å²) in [7, 11) is 0. The molecule has 0 radical (unpaired) electrons. The fraction of sp³-hybridized carbons (Fsp3) is 1.00. The van der Waals surface area contributed by atoms with E-state index < -0.39 is 0 Å². The maximum atomic E-state index is 2.42.